The third-order valence-electron chi connectivity index (χ3n) is 0.535. The molecule has 0 fully saturated rings. The summed E-state index contributed by atoms with van der Waals surface area (Å²) in [5, 5.41) is 0.900. The maximum atomic E-state index is 5.51. The molecule has 0 aromatic carbocycles. The van der Waals surface area contributed by atoms with Gasteiger partial charge in [0.2, 0.25) is 0 Å². The number of rotatable bonds is 2. The van der Waals surface area contributed by atoms with Gasteiger partial charge in [0, 0.05) is 9.46 Å². The van der Waals surface area contributed by atoms with Gasteiger partial charge in [-0.1, -0.05) is 40.3 Å². The molecule has 0 spiro atoms. The minimum atomic E-state index is 0.900. The summed E-state index contributed by atoms with van der Waals surface area (Å²) >= 11 is 7.83. The van der Waals surface area contributed by atoms with Crippen molar-refractivity contribution in [2.45, 2.75) is 13.3 Å². The first-order valence-corrected chi connectivity index (χ1v) is 4.06. The number of hydrogen-bond acceptors (Lipinski definition) is 0. The van der Waals surface area contributed by atoms with Gasteiger partial charge >= 0.3 is 0 Å². The fourth-order valence-electron chi connectivity index (χ4n) is 0.253. The third kappa shape index (κ3) is 6.76. The Morgan fingerprint density at radius 2 is 2.43 bits per heavy atom. The molecule has 42 valence electrons. The Morgan fingerprint density at radius 1 is 1.86 bits per heavy atom. The van der Waals surface area contributed by atoms with Crippen LogP contribution in [0.1, 0.15) is 13.3 Å². The van der Waals surface area contributed by atoms with E-state index in [1.54, 1.807) is 0 Å². The maximum Gasteiger partial charge on any atom is 0.0110 e. The molecule has 0 aromatic heterocycles. The average molecular weight is 230 g/mol. The van der Waals surface area contributed by atoms with Crippen molar-refractivity contribution in [3.05, 3.63) is 11.1 Å². The van der Waals surface area contributed by atoms with Gasteiger partial charge in [0.25, 0.3) is 0 Å². The summed E-state index contributed by atoms with van der Waals surface area (Å²) in [6.07, 6.45) is 3.11. The highest BCUT2D eigenvalue weighted by Gasteiger charge is 1.76. The molecule has 0 aliphatic heterocycles. The highest BCUT2D eigenvalue weighted by atomic mass is 127. The van der Waals surface area contributed by atoms with Crippen LogP contribution in [0.25, 0.3) is 0 Å². The molecule has 0 radical (unpaired) electrons. The van der Waals surface area contributed by atoms with E-state index in [2.05, 4.69) is 22.6 Å². The van der Waals surface area contributed by atoms with E-state index in [4.69, 9.17) is 11.6 Å². The minimum Gasteiger partial charge on any atom is -0.0898 e. The number of allylic oxidation sites excluding steroid dienone is 2. The van der Waals surface area contributed by atoms with Crippen molar-refractivity contribution in [2.75, 3.05) is 4.43 Å². The van der Waals surface area contributed by atoms with Crippen molar-refractivity contribution in [1.29, 1.82) is 0 Å². The maximum absolute atomic E-state index is 5.51. The summed E-state index contributed by atoms with van der Waals surface area (Å²) in [6.45, 7) is 1.90. The van der Waals surface area contributed by atoms with Gasteiger partial charge in [-0.05, 0) is 13.3 Å². The van der Waals surface area contributed by atoms with Gasteiger partial charge in [0.1, 0.15) is 0 Å². The van der Waals surface area contributed by atoms with Gasteiger partial charge < -0.3 is 0 Å². The molecule has 0 nitrogen and oxygen atoms in total. The highest BCUT2D eigenvalue weighted by Crippen LogP contribution is 2.00. The molecule has 0 N–H and O–H groups in total. The fourth-order valence-corrected chi connectivity index (χ4v) is 0.674. The van der Waals surface area contributed by atoms with Crippen LogP contribution in [-0.2, 0) is 0 Å². The lowest BCUT2D eigenvalue weighted by Crippen LogP contribution is -1.65. The summed E-state index contributed by atoms with van der Waals surface area (Å²) in [4.78, 5) is 0. The standard InChI is InChI=1S/C5H8ClI/c1-5(6)3-2-4-7/h3H,2,4H2,1H3. The Labute approximate surface area is 63.1 Å². The largest absolute Gasteiger partial charge is 0.0898 e. The second-order valence-electron chi connectivity index (χ2n) is 1.27. The first-order valence-electron chi connectivity index (χ1n) is 2.15. The summed E-state index contributed by atoms with van der Waals surface area (Å²) in [7, 11) is 0. The van der Waals surface area contributed by atoms with Gasteiger partial charge in [-0.15, -0.1) is 0 Å². The van der Waals surface area contributed by atoms with Crippen LogP contribution in [-0.4, -0.2) is 4.43 Å². The van der Waals surface area contributed by atoms with Crippen molar-refractivity contribution in [1.82, 2.24) is 0 Å². The minimum absolute atomic E-state index is 0.900. The summed E-state index contributed by atoms with van der Waals surface area (Å²) in [5.74, 6) is 0. The van der Waals surface area contributed by atoms with Crippen LogP contribution in [0.2, 0.25) is 0 Å². The molecule has 7 heavy (non-hydrogen) atoms. The van der Waals surface area contributed by atoms with Crippen LogP contribution in [0.15, 0.2) is 11.1 Å². The second-order valence-corrected chi connectivity index (χ2v) is 2.94. The summed E-state index contributed by atoms with van der Waals surface area (Å²) in [5.41, 5.74) is 0. The second kappa shape index (κ2) is 4.91. The molecule has 0 saturated carbocycles. The molecular formula is C5H8ClI. The molecule has 0 aliphatic carbocycles. The Kier molecular flexibility index (Phi) is 5.44. The Morgan fingerprint density at radius 3 is 2.57 bits per heavy atom. The molecule has 0 amide bonds. The van der Waals surface area contributed by atoms with E-state index in [0.717, 1.165) is 15.9 Å². The normalized spacial score (nSPS) is 12.1. The zero-order valence-corrected chi connectivity index (χ0v) is 7.16. The Hall–Kier alpha value is 0.760. The smallest absolute Gasteiger partial charge is 0.0110 e. The molecule has 2 heteroatoms. The van der Waals surface area contributed by atoms with Crippen LogP contribution in [0.3, 0.4) is 0 Å². The zero-order chi connectivity index (χ0) is 5.70. The molecule has 0 saturated heterocycles. The molecule has 0 atom stereocenters. The van der Waals surface area contributed by atoms with Gasteiger partial charge in [0.15, 0.2) is 0 Å². The summed E-state index contributed by atoms with van der Waals surface area (Å²) in [6, 6.07) is 0. The predicted molar refractivity (Wildman–Crippen MR) is 43.1 cm³/mol. The first-order chi connectivity index (χ1) is 3.27. The van der Waals surface area contributed by atoms with E-state index in [1.165, 1.54) is 0 Å². The molecular weight excluding hydrogens is 222 g/mol. The molecule has 0 bridgehead atoms. The Bertz CT molecular complexity index is 64.5. The lowest BCUT2D eigenvalue weighted by molar-refractivity contribution is 1.26. The van der Waals surface area contributed by atoms with Crippen molar-refractivity contribution in [2.24, 2.45) is 0 Å². The number of hydrogen-bond donors (Lipinski definition) is 0. The molecule has 0 aliphatic rings. The van der Waals surface area contributed by atoms with Crippen LogP contribution in [0.4, 0.5) is 0 Å². The van der Waals surface area contributed by atoms with Gasteiger partial charge in [0.05, 0.1) is 0 Å². The van der Waals surface area contributed by atoms with Crippen molar-refractivity contribution >= 4 is 34.2 Å². The number of halogens is 2. The number of alkyl halides is 1. The lowest BCUT2D eigenvalue weighted by atomic mass is 10.4. The van der Waals surface area contributed by atoms with Crippen molar-refractivity contribution in [3.63, 3.8) is 0 Å². The van der Waals surface area contributed by atoms with E-state index < -0.39 is 0 Å². The average Bonchev–Trinajstić information content (AvgIpc) is 1.61. The van der Waals surface area contributed by atoms with Gasteiger partial charge in [-0.2, -0.15) is 0 Å². The van der Waals surface area contributed by atoms with Gasteiger partial charge in [-0.25, -0.2) is 0 Å². The predicted octanol–water partition coefficient (Wildman–Crippen LogP) is 2.95. The van der Waals surface area contributed by atoms with Crippen molar-refractivity contribution in [3.8, 4) is 0 Å². The lowest BCUT2D eigenvalue weighted by Gasteiger charge is -1.81. The monoisotopic (exact) mass is 230 g/mol. The van der Waals surface area contributed by atoms with E-state index in [-0.39, 0.29) is 0 Å². The molecule has 0 unspecified atom stereocenters. The quantitative estimate of drug-likeness (QED) is 0.505. The topological polar surface area (TPSA) is 0 Å². The SMILES string of the molecule is CC(Cl)=CCCI. The summed E-state index contributed by atoms with van der Waals surface area (Å²) < 4.78 is 1.15. The molecule has 0 heterocycles. The van der Waals surface area contributed by atoms with E-state index >= 15 is 0 Å². The molecule has 0 aromatic rings. The van der Waals surface area contributed by atoms with E-state index in [0.29, 0.717) is 0 Å². The fraction of sp³-hybridized carbons (Fsp3) is 0.600. The van der Waals surface area contributed by atoms with Crippen molar-refractivity contribution < 1.29 is 0 Å². The van der Waals surface area contributed by atoms with E-state index in [9.17, 15) is 0 Å². The third-order valence-corrected chi connectivity index (χ3v) is 1.31. The first kappa shape index (κ1) is 7.76. The Balaban J connectivity index is 3.08. The molecule has 0 rings (SSSR count). The van der Waals surface area contributed by atoms with Crippen LogP contribution >= 0.6 is 34.2 Å². The van der Waals surface area contributed by atoms with E-state index in [1.807, 2.05) is 13.0 Å². The van der Waals surface area contributed by atoms with Crippen LogP contribution in [0.5, 0.6) is 0 Å². The van der Waals surface area contributed by atoms with Crippen LogP contribution < -0.4 is 0 Å². The highest BCUT2D eigenvalue weighted by molar-refractivity contribution is 14.1. The zero-order valence-electron chi connectivity index (χ0n) is 4.25. The van der Waals surface area contributed by atoms with Crippen LogP contribution in [0, 0.1) is 0 Å². The van der Waals surface area contributed by atoms with Gasteiger partial charge in [-0.3, -0.25) is 0 Å².